The minimum absolute atomic E-state index is 0.0406. The number of carbonyl (C=O) groups is 3. The number of imide groups is 2. The van der Waals surface area contributed by atoms with E-state index in [0.29, 0.717) is 17.1 Å². The number of amides is 4. The molecule has 4 amide bonds. The number of hydrogen-bond acceptors (Lipinski definition) is 5. The molecule has 0 aliphatic carbocycles. The third kappa shape index (κ3) is 3.62. The summed E-state index contributed by atoms with van der Waals surface area (Å²) in [7, 11) is 1.56. The maximum atomic E-state index is 12.9. The van der Waals surface area contributed by atoms with Gasteiger partial charge in [0.05, 0.1) is 19.9 Å². The third-order valence-corrected chi connectivity index (χ3v) is 4.20. The minimum atomic E-state index is -0.650. The van der Waals surface area contributed by atoms with Crippen molar-refractivity contribution in [3.8, 4) is 5.75 Å². The van der Waals surface area contributed by atoms with Gasteiger partial charge in [0, 0.05) is 6.04 Å². The van der Waals surface area contributed by atoms with E-state index in [0.717, 1.165) is 9.80 Å². The van der Waals surface area contributed by atoms with Crippen LogP contribution in [0.25, 0.3) is 6.08 Å². The molecule has 2 aromatic rings. The quantitative estimate of drug-likeness (QED) is 0.598. The summed E-state index contributed by atoms with van der Waals surface area (Å²) >= 11 is 0. The number of methoxy groups -OCH3 is 1. The van der Waals surface area contributed by atoms with Gasteiger partial charge in [0.15, 0.2) is 0 Å². The number of furan rings is 1. The Kier molecular flexibility index (Phi) is 5.12. The molecule has 0 saturated carbocycles. The Balaban J connectivity index is 1.99. The third-order valence-electron chi connectivity index (χ3n) is 4.20. The predicted molar refractivity (Wildman–Crippen MR) is 97.6 cm³/mol. The number of ether oxygens (including phenoxy) is 1. The molecule has 27 heavy (non-hydrogen) atoms. The van der Waals surface area contributed by atoms with E-state index in [4.69, 9.17) is 9.15 Å². The average Bonchev–Trinajstić information content (AvgIpc) is 3.16. The molecule has 140 valence electrons. The summed E-state index contributed by atoms with van der Waals surface area (Å²) in [5.74, 6) is -0.129. The van der Waals surface area contributed by atoms with Crippen molar-refractivity contribution < 1.29 is 23.5 Å². The van der Waals surface area contributed by atoms with Crippen molar-refractivity contribution >= 4 is 23.9 Å². The molecule has 7 nitrogen and oxygen atoms in total. The Labute approximate surface area is 156 Å². The van der Waals surface area contributed by atoms with Crippen LogP contribution in [0.15, 0.2) is 52.7 Å². The molecule has 0 bridgehead atoms. The maximum absolute atomic E-state index is 12.9. The highest BCUT2D eigenvalue weighted by Crippen LogP contribution is 2.24. The Morgan fingerprint density at radius 2 is 1.78 bits per heavy atom. The highest BCUT2D eigenvalue weighted by molar-refractivity contribution is 6.30. The van der Waals surface area contributed by atoms with Crippen LogP contribution in [0.1, 0.15) is 25.2 Å². The molecule has 1 fully saturated rings. The Hall–Kier alpha value is -3.35. The second-order valence-electron chi connectivity index (χ2n) is 6.35. The molecule has 0 spiro atoms. The first-order valence-corrected chi connectivity index (χ1v) is 8.50. The van der Waals surface area contributed by atoms with Gasteiger partial charge in [0.1, 0.15) is 17.1 Å². The Bertz CT molecular complexity index is 882. The van der Waals surface area contributed by atoms with Gasteiger partial charge in [-0.05, 0) is 49.8 Å². The molecule has 1 aliphatic rings. The first-order chi connectivity index (χ1) is 12.9. The summed E-state index contributed by atoms with van der Waals surface area (Å²) in [6, 6.07) is 9.24. The fourth-order valence-electron chi connectivity index (χ4n) is 2.81. The minimum Gasteiger partial charge on any atom is -0.497 e. The summed E-state index contributed by atoms with van der Waals surface area (Å²) in [5, 5.41) is 0. The van der Waals surface area contributed by atoms with Crippen LogP contribution in [0, 0.1) is 0 Å². The summed E-state index contributed by atoms with van der Waals surface area (Å²) in [6.07, 6.45) is 2.95. The molecule has 7 heteroatoms. The van der Waals surface area contributed by atoms with E-state index < -0.39 is 23.9 Å². The topological polar surface area (TPSA) is 80.1 Å². The first kappa shape index (κ1) is 18.4. The smallest absolute Gasteiger partial charge is 0.334 e. The molecule has 0 atom stereocenters. The van der Waals surface area contributed by atoms with E-state index in [1.165, 1.54) is 12.3 Å². The number of urea groups is 1. The largest absolute Gasteiger partial charge is 0.497 e. The molecule has 1 aromatic carbocycles. The van der Waals surface area contributed by atoms with Gasteiger partial charge in [-0.25, -0.2) is 4.79 Å². The first-order valence-electron chi connectivity index (χ1n) is 8.50. The van der Waals surface area contributed by atoms with Crippen molar-refractivity contribution in [3.05, 3.63) is 59.6 Å². The molecule has 0 unspecified atom stereocenters. The summed E-state index contributed by atoms with van der Waals surface area (Å²) in [6.45, 7) is 3.41. The normalized spacial score (nSPS) is 16.6. The van der Waals surface area contributed by atoms with Crippen LogP contribution < -0.4 is 4.74 Å². The lowest BCUT2D eigenvalue weighted by atomic mass is 10.0. The second kappa shape index (κ2) is 7.49. The van der Waals surface area contributed by atoms with Gasteiger partial charge in [-0.2, -0.15) is 0 Å². The lowest BCUT2D eigenvalue weighted by Crippen LogP contribution is -2.57. The molecule has 0 radical (unpaired) electrons. The monoisotopic (exact) mass is 368 g/mol. The van der Waals surface area contributed by atoms with Gasteiger partial charge in [-0.1, -0.05) is 12.1 Å². The molecule has 1 aliphatic heterocycles. The van der Waals surface area contributed by atoms with Crippen molar-refractivity contribution in [3.63, 3.8) is 0 Å². The molecule has 2 heterocycles. The van der Waals surface area contributed by atoms with Gasteiger partial charge in [0.25, 0.3) is 11.8 Å². The number of barbiturate groups is 1. The van der Waals surface area contributed by atoms with Crippen molar-refractivity contribution in [1.29, 1.82) is 0 Å². The summed E-state index contributed by atoms with van der Waals surface area (Å²) in [4.78, 5) is 40.5. The molecule has 1 saturated heterocycles. The summed E-state index contributed by atoms with van der Waals surface area (Å²) < 4.78 is 10.4. The number of benzene rings is 1. The zero-order valence-corrected chi connectivity index (χ0v) is 15.3. The van der Waals surface area contributed by atoms with Crippen LogP contribution in [-0.4, -0.2) is 40.8 Å². The lowest BCUT2D eigenvalue weighted by Gasteiger charge is -2.35. The number of nitrogens with zero attached hydrogens (tertiary/aromatic N) is 2. The molecular formula is C20H20N2O5. The highest BCUT2D eigenvalue weighted by atomic mass is 16.5. The van der Waals surface area contributed by atoms with E-state index in [2.05, 4.69) is 0 Å². The second-order valence-corrected chi connectivity index (χ2v) is 6.35. The van der Waals surface area contributed by atoms with Crippen LogP contribution in [0.4, 0.5) is 4.79 Å². The number of carbonyl (C=O) groups excluding carboxylic acids is 3. The fourth-order valence-corrected chi connectivity index (χ4v) is 2.81. The van der Waals surface area contributed by atoms with Crippen LogP contribution in [0.2, 0.25) is 0 Å². The van der Waals surface area contributed by atoms with Crippen LogP contribution in [-0.2, 0) is 16.1 Å². The lowest BCUT2D eigenvalue weighted by molar-refractivity contribution is -0.137. The summed E-state index contributed by atoms with van der Waals surface area (Å²) in [5.41, 5.74) is 0.587. The van der Waals surface area contributed by atoms with E-state index in [9.17, 15) is 14.4 Å². The Morgan fingerprint density at radius 1 is 1.07 bits per heavy atom. The number of hydrogen-bond donors (Lipinski definition) is 0. The zero-order valence-electron chi connectivity index (χ0n) is 15.3. The van der Waals surface area contributed by atoms with Crippen LogP contribution in [0.3, 0.4) is 0 Å². The Morgan fingerprint density at radius 3 is 2.33 bits per heavy atom. The van der Waals surface area contributed by atoms with Crippen molar-refractivity contribution in [1.82, 2.24) is 9.80 Å². The maximum Gasteiger partial charge on any atom is 0.334 e. The van der Waals surface area contributed by atoms with Crippen molar-refractivity contribution in [2.45, 2.75) is 26.4 Å². The van der Waals surface area contributed by atoms with Crippen molar-refractivity contribution in [2.75, 3.05) is 7.11 Å². The van der Waals surface area contributed by atoms with E-state index in [-0.39, 0.29) is 12.1 Å². The van der Waals surface area contributed by atoms with Crippen LogP contribution >= 0.6 is 0 Å². The van der Waals surface area contributed by atoms with Gasteiger partial charge in [-0.3, -0.25) is 19.4 Å². The average molecular weight is 368 g/mol. The van der Waals surface area contributed by atoms with Crippen LogP contribution in [0.5, 0.6) is 5.75 Å². The van der Waals surface area contributed by atoms with E-state index in [1.807, 2.05) is 0 Å². The van der Waals surface area contributed by atoms with E-state index >= 15 is 0 Å². The molecule has 1 aromatic heterocycles. The van der Waals surface area contributed by atoms with Gasteiger partial charge in [0.2, 0.25) is 0 Å². The molecular weight excluding hydrogens is 348 g/mol. The fraction of sp³-hybridized carbons (Fsp3) is 0.250. The van der Waals surface area contributed by atoms with Gasteiger partial charge in [-0.15, -0.1) is 0 Å². The zero-order chi connectivity index (χ0) is 19.6. The van der Waals surface area contributed by atoms with Gasteiger partial charge >= 0.3 is 6.03 Å². The molecule has 3 rings (SSSR count). The molecule has 0 N–H and O–H groups in total. The van der Waals surface area contributed by atoms with Crippen molar-refractivity contribution in [2.24, 2.45) is 0 Å². The van der Waals surface area contributed by atoms with Gasteiger partial charge < -0.3 is 9.15 Å². The SMILES string of the molecule is COc1ccc(/C=C2\C(=O)N(Cc3ccco3)C(=O)N(C(C)C)C2=O)cc1. The number of rotatable bonds is 5. The predicted octanol–water partition coefficient (Wildman–Crippen LogP) is 3.07. The standard InChI is InChI=1S/C20H20N2O5/c1-13(2)22-19(24)17(11-14-6-8-15(26-3)9-7-14)18(23)21(20(22)25)12-16-5-4-10-27-16/h4-11,13H,12H2,1-3H3/b17-11+. The van der Waals surface area contributed by atoms with E-state index in [1.54, 1.807) is 57.4 Å². The highest BCUT2D eigenvalue weighted by Gasteiger charge is 2.43.